The lowest BCUT2D eigenvalue weighted by Gasteiger charge is -2.35. The Hall–Kier alpha value is -0.570. The van der Waals surface area contributed by atoms with E-state index in [2.05, 4.69) is 11.8 Å². The van der Waals surface area contributed by atoms with E-state index in [4.69, 9.17) is 5.73 Å². The van der Waals surface area contributed by atoms with Gasteiger partial charge in [0.2, 0.25) is 5.91 Å². The third-order valence-corrected chi connectivity index (χ3v) is 4.95. The maximum absolute atomic E-state index is 12.5. The molecule has 0 aromatic carbocycles. The van der Waals surface area contributed by atoms with E-state index in [1.807, 2.05) is 0 Å². The van der Waals surface area contributed by atoms with Crippen LogP contribution in [-0.2, 0) is 4.79 Å². The zero-order chi connectivity index (χ0) is 12.0. The number of carbonyl (C=O) groups is 1. The summed E-state index contributed by atoms with van der Waals surface area (Å²) in [5.41, 5.74) is 6.03. The fourth-order valence-corrected chi connectivity index (χ4v) is 4.15. The molecule has 3 heteroatoms. The van der Waals surface area contributed by atoms with Crippen molar-refractivity contribution in [2.75, 3.05) is 13.1 Å². The van der Waals surface area contributed by atoms with Crippen LogP contribution in [0.5, 0.6) is 0 Å². The number of likely N-dealkylation sites (tertiary alicyclic amines) is 1. The van der Waals surface area contributed by atoms with Crippen molar-refractivity contribution in [3.05, 3.63) is 0 Å². The zero-order valence-electron chi connectivity index (χ0n) is 10.8. The van der Waals surface area contributed by atoms with Crippen molar-refractivity contribution in [2.24, 2.45) is 29.4 Å². The SMILES string of the molecule is CC1CC(N)CN(C(=O)C2C3CCCCC32)C1. The summed E-state index contributed by atoms with van der Waals surface area (Å²) in [6.07, 6.45) is 6.32. The van der Waals surface area contributed by atoms with Crippen LogP contribution in [0.4, 0.5) is 0 Å². The van der Waals surface area contributed by atoms with Gasteiger partial charge in [-0.2, -0.15) is 0 Å². The third-order valence-electron chi connectivity index (χ3n) is 4.95. The van der Waals surface area contributed by atoms with E-state index in [9.17, 15) is 4.79 Å². The van der Waals surface area contributed by atoms with Gasteiger partial charge < -0.3 is 10.6 Å². The molecule has 4 atom stereocenters. The molecular weight excluding hydrogens is 212 g/mol. The number of amides is 1. The molecule has 0 radical (unpaired) electrons. The van der Waals surface area contributed by atoms with E-state index in [0.717, 1.165) is 31.3 Å². The van der Waals surface area contributed by atoms with Gasteiger partial charge in [-0.15, -0.1) is 0 Å². The van der Waals surface area contributed by atoms with E-state index in [0.29, 0.717) is 17.7 Å². The Balaban J connectivity index is 1.62. The number of hydrogen-bond acceptors (Lipinski definition) is 2. The maximum Gasteiger partial charge on any atom is 0.226 e. The van der Waals surface area contributed by atoms with E-state index >= 15 is 0 Å². The monoisotopic (exact) mass is 236 g/mol. The Morgan fingerprint density at radius 1 is 1.18 bits per heavy atom. The van der Waals surface area contributed by atoms with Gasteiger partial charge >= 0.3 is 0 Å². The van der Waals surface area contributed by atoms with E-state index in [1.54, 1.807) is 0 Å². The van der Waals surface area contributed by atoms with Crippen LogP contribution in [0.2, 0.25) is 0 Å². The summed E-state index contributed by atoms with van der Waals surface area (Å²) >= 11 is 0. The molecule has 1 amide bonds. The summed E-state index contributed by atoms with van der Waals surface area (Å²) in [4.78, 5) is 14.5. The average molecular weight is 236 g/mol. The van der Waals surface area contributed by atoms with Crippen molar-refractivity contribution in [1.82, 2.24) is 4.90 Å². The van der Waals surface area contributed by atoms with Gasteiger partial charge in [-0.3, -0.25) is 4.79 Å². The topological polar surface area (TPSA) is 46.3 Å². The quantitative estimate of drug-likeness (QED) is 0.752. The molecule has 0 aromatic heterocycles. The molecule has 3 rings (SSSR count). The van der Waals surface area contributed by atoms with Crippen LogP contribution in [0.15, 0.2) is 0 Å². The zero-order valence-corrected chi connectivity index (χ0v) is 10.8. The number of nitrogens with zero attached hydrogens (tertiary/aromatic N) is 1. The minimum atomic E-state index is 0.198. The van der Waals surface area contributed by atoms with Crippen molar-refractivity contribution in [3.63, 3.8) is 0 Å². The Kier molecular flexibility index (Phi) is 2.89. The van der Waals surface area contributed by atoms with Gasteiger partial charge in [-0.05, 0) is 37.0 Å². The molecule has 2 N–H and O–H groups in total. The summed E-state index contributed by atoms with van der Waals surface area (Å²) in [5, 5.41) is 0. The summed E-state index contributed by atoms with van der Waals surface area (Å²) in [6.45, 7) is 3.93. The Morgan fingerprint density at radius 2 is 1.82 bits per heavy atom. The third kappa shape index (κ3) is 2.10. The maximum atomic E-state index is 12.5. The molecule has 1 heterocycles. The Bertz CT molecular complexity index is 295. The van der Waals surface area contributed by atoms with Gasteiger partial charge in [-0.25, -0.2) is 0 Å². The highest BCUT2D eigenvalue weighted by Crippen LogP contribution is 2.56. The predicted octanol–water partition coefficient (Wildman–Crippen LogP) is 1.62. The van der Waals surface area contributed by atoms with Crippen molar-refractivity contribution in [3.8, 4) is 0 Å². The van der Waals surface area contributed by atoms with Crippen LogP contribution in [0.3, 0.4) is 0 Å². The highest BCUT2D eigenvalue weighted by molar-refractivity contribution is 5.82. The van der Waals surface area contributed by atoms with Crippen molar-refractivity contribution < 1.29 is 4.79 Å². The van der Waals surface area contributed by atoms with Gasteiger partial charge in [0.15, 0.2) is 0 Å². The number of fused-ring (bicyclic) bond motifs is 1. The first-order chi connectivity index (χ1) is 8.16. The largest absolute Gasteiger partial charge is 0.341 e. The van der Waals surface area contributed by atoms with Crippen LogP contribution in [0.1, 0.15) is 39.0 Å². The smallest absolute Gasteiger partial charge is 0.226 e. The van der Waals surface area contributed by atoms with Crippen LogP contribution < -0.4 is 5.73 Å². The highest BCUT2D eigenvalue weighted by Gasteiger charge is 2.56. The molecule has 4 unspecified atom stereocenters. The molecule has 2 saturated carbocycles. The minimum Gasteiger partial charge on any atom is -0.341 e. The molecule has 1 aliphatic heterocycles. The van der Waals surface area contributed by atoms with Gasteiger partial charge in [0.25, 0.3) is 0 Å². The van der Waals surface area contributed by atoms with Crippen LogP contribution in [0, 0.1) is 23.7 Å². The van der Waals surface area contributed by atoms with Gasteiger partial charge in [0.1, 0.15) is 0 Å². The summed E-state index contributed by atoms with van der Waals surface area (Å²) < 4.78 is 0. The van der Waals surface area contributed by atoms with Crippen LogP contribution in [-0.4, -0.2) is 29.9 Å². The number of rotatable bonds is 1. The normalized spacial score (nSPS) is 45.3. The van der Waals surface area contributed by atoms with Crippen molar-refractivity contribution in [1.29, 1.82) is 0 Å². The molecular formula is C14H24N2O. The van der Waals surface area contributed by atoms with Gasteiger partial charge in [0.05, 0.1) is 0 Å². The van der Waals surface area contributed by atoms with E-state index in [1.165, 1.54) is 25.7 Å². The second-order valence-corrected chi connectivity index (χ2v) is 6.48. The molecule has 0 spiro atoms. The Morgan fingerprint density at radius 3 is 2.41 bits per heavy atom. The van der Waals surface area contributed by atoms with Gasteiger partial charge in [-0.1, -0.05) is 19.8 Å². The predicted molar refractivity (Wildman–Crippen MR) is 67.3 cm³/mol. The van der Waals surface area contributed by atoms with E-state index in [-0.39, 0.29) is 6.04 Å². The fourth-order valence-electron chi connectivity index (χ4n) is 4.15. The standard InChI is InChI=1S/C14H24N2O/c1-9-6-10(15)8-16(7-9)14(17)13-11-4-2-3-5-12(11)13/h9-13H,2-8,15H2,1H3. The summed E-state index contributed by atoms with van der Waals surface area (Å²) in [7, 11) is 0. The summed E-state index contributed by atoms with van der Waals surface area (Å²) in [5.74, 6) is 2.82. The second-order valence-electron chi connectivity index (χ2n) is 6.48. The molecule has 0 aromatic rings. The van der Waals surface area contributed by atoms with Crippen molar-refractivity contribution in [2.45, 2.75) is 45.1 Å². The van der Waals surface area contributed by atoms with Crippen LogP contribution in [0.25, 0.3) is 0 Å². The second kappa shape index (κ2) is 4.27. The molecule has 1 saturated heterocycles. The number of nitrogens with two attached hydrogens (primary N) is 1. The molecule has 3 nitrogen and oxygen atoms in total. The molecule has 0 bridgehead atoms. The lowest BCUT2D eigenvalue weighted by atomic mass is 9.96. The molecule has 96 valence electrons. The molecule has 3 aliphatic rings. The van der Waals surface area contributed by atoms with E-state index < -0.39 is 0 Å². The number of piperidine rings is 1. The summed E-state index contributed by atoms with van der Waals surface area (Å²) in [6, 6.07) is 0.198. The Labute approximate surface area is 104 Å². The average Bonchev–Trinajstić information content (AvgIpc) is 3.00. The lowest BCUT2D eigenvalue weighted by Crippen LogP contribution is -2.49. The number of carbonyl (C=O) groups excluding carboxylic acids is 1. The fraction of sp³-hybridized carbons (Fsp3) is 0.929. The first-order valence-electron chi connectivity index (χ1n) is 7.21. The molecule has 2 aliphatic carbocycles. The first-order valence-corrected chi connectivity index (χ1v) is 7.21. The highest BCUT2D eigenvalue weighted by atomic mass is 16.2. The first kappa shape index (κ1) is 11.5. The van der Waals surface area contributed by atoms with Gasteiger partial charge in [0, 0.05) is 25.0 Å². The lowest BCUT2D eigenvalue weighted by molar-refractivity contribution is -0.135. The van der Waals surface area contributed by atoms with Crippen molar-refractivity contribution >= 4 is 5.91 Å². The van der Waals surface area contributed by atoms with Crippen LogP contribution >= 0.6 is 0 Å². The minimum absolute atomic E-state index is 0.198. The number of hydrogen-bond donors (Lipinski definition) is 1. The molecule has 17 heavy (non-hydrogen) atoms. The molecule has 3 fully saturated rings.